The summed E-state index contributed by atoms with van der Waals surface area (Å²) in [5.41, 5.74) is 0.410. The van der Waals surface area contributed by atoms with Gasteiger partial charge in [-0.25, -0.2) is 0 Å². The lowest BCUT2D eigenvalue weighted by atomic mass is 10.2. The van der Waals surface area contributed by atoms with Crippen molar-refractivity contribution in [3.63, 3.8) is 0 Å². The van der Waals surface area contributed by atoms with Crippen molar-refractivity contribution in [2.24, 2.45) is 13.0 Å². The van der Waals surface area contributed by atoms with E-state index in [1.54, 1.807) is 18.1 Å². The maximum atomic E-state index is 11.9. The first kappa shape index (κ1) is 10.4. The van der Waals surface area contributed by atoms with Gasteiger partial charge in [-0.1, -0.05) is 5.21 Å². The smallest absolute Gasteiger partial charge is 0.276 e. The van der Waals surface area contributed by atoms with E-state index in [2.05, 4.69) is 10.3 Å². The number of carbonyl (C=O) groups excluding carboxylic acids is 1. The molecule has 2 heterocycles. The van der Waals surface area contributed by atoms with Crippen LogP contribution in [0.15, 0.2) is 6.20 Å². The van der Waals surface area contributed by atoms with Crippen LogP contribution in [0.5, 0.6) is 0 Å². The van der Waals surface area contributed by atoms with Crippen molar-refractivity contribution in [2.45, 2.75) is 6.42 Å². The van der Waals surface area contributed by atoms with Crippen LogP contribution < -0.4 is 0 Å². The predicted molar refractivity (Wildman–Crippen MR) is 55.7 cm³/mol. The van der Waals surface area contributed by atoms with Crippen LogP contribution in [0.4, 0.5) is 0 Å². The van der Waals surface area contributed by atoms with Gasteiger partial charge in [0.15, 0.2) is 5.69 Å². The molecule has 1 unspecified atom stereocenters. The Balaban J connectivity index is 2.03. The second-order valence-corrected chi connectivity index (χ2v) is 4.15. The summed E-state index contributed by atoms with van der Waals surface area (Å²) in [5.74, 6) is 0.993. The van der Waals surface area contributed by atoms with E-state index in [4.69, 9.17) is 11.6 Å². The molecule has 0 bridgehead atoms. The van der Waals surface area contributed by atoms with Crippen LogP contribution in [0.1, 0.15) is 16.9 Å². The molecule has 1 fully saturated rings. The lowest BCUT2D eigenvalue weighted by Gasteiger charge is -2.13. The van der Waals surface area contributed by atoms with E-state index < -0.39 is 0 Å². The van der Waals surface area contributed by atoms with Crippen molar-refractivity contribution in [1.82, 2.24) is 19.9 Å². The van der Waals surface area contributed by atoms with Crippen molar-refractivity contribution in [2.75, 3.05) is 19.0 Å². The topological polar surface area (TPSA) is 51.0 Å². The molecule has 6 heteroatoms. The zero-order chi connectivity index (χ0) is 10.8. The maximum Gasteiger partial charge on any atom is 0.276 e. The van der Waals surface area contributed by atoms with Crippen LogP contribution in [0.2, 0.25) is 0 Å². The average molecular weight is 229 g/mol. The Morgan fingerprint density at radius 1 is 1.73 bits per heavy atom. The molecule has 82 valence electrons. The van der Waals surface area contributed by atoms with Crippen molar-refractivity contribution in [3.05, 3.63) is 11.9 Å². The Labute approximate surface area is 93.0 Å². The fraction of sp³-hybridized carbons (Fsp3) is 0.667. The number of nitrogens with zero attached hydrogens (tertiary/aromatic N) is 4. The third kappa shape index (κ3) is 2.12. The summed E-state index contributed by atoms with van der Waals surface area (Å²) >= 11 is 5.76. The van der Waals surface area contributed by atoms with Gasteiger partial charge in [0.05, 0.1) is 6.20 Å². The summed E-state index contributed by atoms with van der Waals surface area (Å²) in [4.78, 5) is 13.7. The first-order chi connectivity index (χ1) is 7.20. The molecule has 1 aliphatic rings. The SMILES string of the molecule is Cn1cc(C(=O)N2CCC(CCl)C2)nn1. The van der Waals surface area contributed by atoms with Gasteiger partial charge in [0.1, 0.15) is 0 Å². The molecule has 0 N–H and O–H groups in total. The highest BCUT2D eigenvalue weighted by molar-refractivity contribution is 6.18. The van der Waals surface area contributed by atoms with E-state index in [-0.39, 0.29) is 5.91 Å². The highest BCUT2D eigenvalue weighted by atomic mass is 35.5. The molecule has 1 aromatic heterocycles. The van der Waals surface area contributed by atoms with Crippen molar-refractivity contribution >= 4 is 17.5 Å². The third-order valence-electron chi connectivity index (χ3n) is 2.61. The molecule has 1 aromatic rings. The van der Waals surface area contributed by atoms with Crippen molar-refractivity contribution in [1.29, 1.82) is 0 Å². The van der Waals surface area contributed by atoms with Gasteiger partial charge in [0.2, 0.25) is 0 Å². The number of hydrogen-bond donors (Lipinski definition) is 0. The Morgan fingerprint density at radius 3 is 3.07 bits per heavy atom. The fourth-order valence-electron chi connectivity index (χ4n) is 1.75. The Morgan fingerprint density at radius 2 is 2.53 bits per heavy atom. The van der Waals surface area contributed by atoms with Crippen LogP contribution in [-0.4, -0.2) is 44.8 Å². The molecular formula is C9H13ClN4O. The highest BCUT2D eigenvalue weighted by Crippen LogP contribution is 2.18. The van der Waals surface area contributed by atoms with E-state index in [0.717, 1.165) is 19.5 Å². The average Bonchev–Trinajstić information content (AvgIpc) is 2.84. The lowest BCUT2D eigenvalue weighted by Crippen LogP contribution is -2.29. The zero-order valence-corrected chi connectivity index (χ0v) is 9.31. The van der Waals surface area contributed by atoms with Gasteiger partial charge < -0.3 is 4.90 Å². The minimum Gasteiger partial charge on any atom is -0.337 e. The Kier molecular flexibility index (Phi) is 2.90. The summed E-state index contributed by atoms with van der Waals surface area (Å²) in [6.07, 6.45) is 2.62. The predicted octanol–water partition coefficient (Wildman–Crippen LogP) is 0.516. The minimum atomic E-state index is -0.0456. The maximum absolute atomic E-state index is 11.9. The molecule has 5 nitrogen and oxygen atoms in total. The number of hydrogen-bond acceptors (Lipinski definition) is 3. The molecule has 1 saturated heterocycles. The van der Waals surface area contributed by atoms with Crippen LogP contribution in [-0.2, 0) is 7.05 Å². The van der Waals surface area contributed by atoms with Gasteiger partial charge in [-0.3, -0.25) is 9.48 Å². The van der Waals surface area contributed by atoms with Gasteiger partial charge in [-0.2, -0.15) is 0 Å². The molecule has 1 atom stereocenters. The largest absolute Gasteiger partial charge is 0.337 e. The van der Waals surface area contributed by atoms with Gasteiger partial charge in [-0.15, -0.1) is 16.7 Å². The number of likely N-dealkylation sites (tertiary alicyclic amines) is 1. The molecule has 15 heavy (non-hydrogen) atoms. The van der Waals surface area contributed by atoms with Gasteiger partial charge >= 0.3 is 0 Å². The minimum absolute atomic E-state index is 0.0456. The second-order valence-electron chi connectivity index (χ2n) is 3.84. The molecule has 1 amide bonds. The van der Waals surface area contributed by atoms with Crippen LogP contribution in [0, 0.1) is 5.92 Å². The monoisotopic (exact) mass is 228 g/mol. The molecule has 0 radical (unpaired) electrons. The number of aromatic nitrogens is 3. The number of amides is 1. The number of rotatable bonds is 2. The molecule has 0 saturated carbocycles. The third-order valence-corrected chi connectivity index (χ3v) is 3.05. The van der Waals surface area contributed by atoms with E-state index in [1.165, 1.54) is 4.68 Å². The number of alkyl halides is 1. The Bertz CT molecular complexity index is 365. The van der Waals surface area contributed by atoms with Crippen LogP contribution in [0.25, 0.3) is 0 Å². The molecule has 0 spiro atoms. The number of carbonyl (C=O) groups is 1. The normalized spacial score (nSPS) is 20.9. The van der Waals surface area contributed by atoms with Crippen molar-refractivity contribution in [3.8, 4) is 0 Å². The molecular weight excluding hydrogens is 216 g/mol. The summed E-state index contributed by atoms with van der Waals surface area (Å²) < 4.78 is 1.53. The fourth-order valence-corrected chi connectivity index (χ4v) is 2.00. The highest BCUT2D eigenvalue weighted by Gasteiger charge is 2.27. The molecule has 0 aliphatic carbocycles. The zero-order valence-electron chi connectivity index (χ0n) is 8.56. The van der Waals surface area contributed by atoms with Gasteiger partial charge in [0.25, 0.3) is 5.91 Å². The van der Waals surface area contributed by atoms with Gasteiger partial charge in [0, 0.05) is 26.0 Å². The summed E-state index contributed by atoms with van der Waals surface area (Å²) in [5, 5.41) is 7.54. The van der Waals surface area contributed by atoms with Crippen molar-refractivity contribution < 1.29 is 4.79 Å². The number of halogens is 1. The molecule has 0 aromatic carbocycles. The standard InChI is InChI=1S/C9H13ClN4O/c1-13-6-8(11-12-13)9(15)14-3-2-7(4-10)5-14/h6-7H,2-5H2,1H3. The first-order valence-corrected chi connectivity index (χ1v) is 5.45. The summed E-state index contributed by atoms with van der Waals surface area (Å²) in [6, 6.07) is 0. The second kappa shape index (κ2) is 4.18. The van der Waals surface area contributed by atoms with E-state index in [1.807, 2.05) is 0 Å². The van der Waals surface area contributed by atoms with E-state index >= 15 is 0 Å². The van der Waals surface area contributed by atoms with Crippen LogP contribution >= 0.6 is 11.6 Å². The number of aryl methyl sites for hydroxylation is 1. The molecule has 1 aliphatic heterocycles. The lowest BCUT2D eigenvalue weighted by molar-refractivity contribution is 0.0782. The quantitative estimate of drug-likeness (QED) is 0.694. The first-order valence-electron chi connectivity index (χ1n) is 4.92. The van der Waals surface area contributed by atoms with Crippen LogP contribution in [0.3, 0.4) is 0 Å². The summed E-state index contributed by atoms with van der Waals surface area (Å²) in [7, 11) is 1.75. The summed E-state index contributed by atoms with van der Waals surface area (Å²) in [6.45, 7) is 1.51. The van der Waals surface area contributed by atoms with Gasteiger partial charge in [-0.05, 0) is 12.3 Å². The molecule has 2 rings (SSSR count). The van der Waals surface area contributed by atoms with E-state index in [0.29, 0.717) is 17.5 Å². The van der Waals surface area contributed by atoms with E-state index in [9.17, 15) is 4.79 Å². The Hall–Kier alpha value is -1.10.